The van der Waals surface area contributed by atoms with Gasteiger partial charge in [0.1, 0.15) is 6.61 Å². The summed E-state index contributed by atoms with van der Waals surface area (Å²) in [6.07, 6.45) is -0.917. The van der Waals surface area contributed by atoms with Crippen LogP contribution < -0.4 is 5.32 Å². The van der Waals surface area contributed by atoms with Crippen LogP contribution in [0.5, 0.6) is 0 Å². The van der Waals surface area contributed by atoms with Crippen molar-refractivity contribution in [1.29, 1.82) is 0 Å². The van der Waals surface area contributed by atoms with Gasteiger partial charge in [-0.2, -0.15) is 23.4 Å². The van der Waals surface area contributed by atoms with Gasteiger partial charge in [-0.25, -0.2) is 13.5 Å². The molecule has 3 heterocycles. The van der Waals surface area contributed by atoms with Gasteiger partial charge in [0.05, 0.1) is 36.3 Å². The third-order valence-corrected chi connectivity index (χ3v) is 7.48. The van der Waals surface area contributed by atoms with Crippen molar-refractivity contribution in [2.45, 2.75) is 31.5 Å². The van der Waals surface area contributed by atoms with E-state index < -0.39 is 36.4 Å². The van der Waals surface area contributed by atoms with Crippen molar-refractivity contribution >= 4 is 5.91 Å². The Morgan fingerprint density at radius 3 is 2.53 bits per heavy atom. The van der Waals surface area contributed by atoms with Crippen molar-refractivity contribution in [3.05, 3.63) is 89.4 Å². The molecule has 2 atom stereocenters. The number of aryl methyl sites for hydroxylation is 1. The minimum absolute atomic E-state index is 0.0241. The molecule has 4 aromatic rings. The molecule has 0 radical (unpaired) electrons. The number of benzene rings is 2. The zero-order valence-corrected chi connectivity index (χ0v) is 23.6. The van der Waals surface area contributed by atoms with Gasteiger partial charge in [0.25, 0.3) is 0 Å². The summed E-state index contributed by atoms with van der Waals surface area (Å²) in [6.45, 7) is 1.15. The number of rotatable bonds is 10. The summed E-state index contributed by atoms with van der Waals surface area (Å²) in [6, 6.07) is 12.5. The van der Waals surface area contributed by atoms with Crippen LogP contribution >= 0.6 is 0 Å². The summed E-state index contributed by atoms with van der Waals surface area (Å²) >= 11 is 0. The lowest BCUT2D eigenvalue weighted by molar-refractivity contribution is -0.174. The van der Waals surface area contributed by atoms with E-state index >= 15 is 0 Å². The number of ether oxygens (including phenoxy) is 1. The molecule has 2 aromatic carbocycles. The average molecular weight is 603 g/mol. The summed E-state index contributed by atoms with van der Waals surface area (Å²) < 4.78 is 73.5. The van der Waals surface area contributed by atoms with Crippen LogP contribution in [0.4, 0.5) is 22.0 Å². The molecule has 0 aliphatic carbocycles. The topological polar surface area (TPSA) is 77.2 Å². The number of halogens is 5. The van der Waals surface area contributed by atoms with E-state index in [4.69, 9.17) is 9.84 Å². The molecule has 1 fully saturated rings. The lowest BCUT2D eigenvalue weighted by atomic mass is 9.94. The predicted octanol–water partition coefficient (Wildman–Crippen LogP) is 4.57. The number of alkyl halides is 3. The molecule has 0 unspecified atom stereocenters. The van der Waals surface area contributed by atoms with Gasteiger partial charge in [0.15, 0.2) is 11.6 Å². The Balaban J connectivity index is 1.37. The van der Waals surface area contributed by atoms with Crippen LogP contribution in [-0.2, 0) is 23.0 Å². The Bertz CT molecular complexity index is 1570. The smallest absolute Gasteiger partial charge is 0.371 e. The van der Waals surface area contributed by atoms with Gasteiger partial charge in [0, 0.05) is 50.4 Å². The van der Waals surface area contributed by atoms with Crippen LogP contribution in [0.25, 0.3) is 16.9 Å². The molecule has 0 saturated carbocycles. The molecule has 0 bridgehead atoms. The van der Waals surface area contributed by atoms with Crippen molar-refractivity contribution in [2.24, 2.45) is 7.05 Å². The van der Waals surface area contributed by atoms with Crippen LogP contribution in [0.15, 0.2) is 60.9 Å². The Hall–Kier alpha value is -4.10. The first kappa shape index (κ1) is 30.4. The molecule has 0 spiro atoms. The Morgan fingerprint density at radius 2 is 1.86 bits per heavy atom. The Kier molecular flexibility index (Phi) is 8.92. The second-order valence-electron chi connectivity index (χ2n) is 10.6. The number of hydrogen-bond donors (Lipinski definition) is 1. The minimum atomic E-state index is -4.43. The highest BCUT2D eigenvalue weighted by Crippen LogP contribution is 2.30. The number of carbonyl (C=O) groups is 1. The highest BCUT2D eigenvalue weighted by atomic mass is 19.4. The first-order chi connectivity index (χ1) is 20.5. The molecule has 5 rings (SSSR count). The molecular weight excluding hydrogens is 571 g/mol. The normalized spacial score (nSPS) is 17.5. The van der Waals surface area contributed by atoms with Gasteiger partial charge in [0.2, 0.25) is 5.91 Å². The van der Waals surface area contributed by atoms with E-state index in [-0.39, 0.29) is 25.5 Å². The van der Waals surface area contributed by atoms with Crippen LogP contribution in [0.3, 0.4) is 0 Å². The number of likely N-dealkylation sites (tertiary alicyclic amines) is 1. The zero-order valence-electron chi connectivity index (χ0n) is 23.6. The third kappa shape index (κ3) is 7.28. The van der Waals surface area contributed by atoms with E-state index in [1.54, 1.807) is 22.6 Å². The second-order valence-corrected chi connectivity index (χ2v) is 10.6. The van der Waals surface area contributed by atoms with Gasteiger partial charge < -0.3 is 10.1 Å². The SMILES string of the molecule is Cc1c(-c2cnn(C)c2)nn(-c2ccccc2)c1CC(=O)N[C@@H]1CN(CCOCC(F)(F)F)C[C@H]1c1ccc(F)c(F)c1. The quantitative estimate of drug-likeness (QED) is 0.213. The second kappa shape index (κ2) is 12.6. The predicted molar refractivity (Wildman–Crippen MR) is 149 cm³/mol. The summed E-state index contributed by atoms with van der Waals surface area (Å²) in [5.74, 6) is -2.74. The summed E-state index contributed by atoms with van der Waals surface area (Å²) in [4.78, 5) is 15.4. The standard InChI is InChI=1S/C30H31F5N6O2/c1-19-27(41(22-6-4-3-5-7-22)38-29(19)21-14-36-39(2)15-21)13-28(42)37-26-17-40(10-11-43-18-30(33,34)35)16-23(26)20-8-9-24(31)25(32)12-20/h3-9,12,14-15,23,26H,10-11,13,16-18H2,1-2H3,(H,37,42)/t23-,26+/m0/s1. The van der Waals surface area contributed by atoms with Gasteiger partial charge >= 0.3 is 6.18 Å². The van der Waals surface area contributed by atoms with E-state index in [1.807, 2.05) is 48.4 Å². The van der Waals surface area contributed by atoms with Gasteiger partial charge in [-0.15, -0.1) is 0 Å². The summed E-state index contributed by atoms with van der Waals surface area (Å²) in [5, 5.41) is 12.1. The minimum Gasteiger partial charge on any atom is -0.371 e. The van der Waals surface area contributed by atoms with Gasteiger partial charge in [-0.1, -0.05) is 24.3 Å². The molecule has 1 aliphatic rings. The molecule has 13 heteroatoms. The number of amides is 1. The number of nitrogens with one attached hydrogen (secondary N) is 1. The van der Waals surface area contributed by atoms with E-state index in [0.29, 0.717) is 30.0 Å². The molecule has 43 heavy (non-hydrogen) atoms. The summed E-state index contributed by atoms with van der Waals surface area (Å²) in [5.41, 5.74) is 4.21. The Labute approximate surface area is 245 Å². The lowest BCUT2D eigenvalue weighted by Gasteiger charge is -2.21. The molecule has 228 valence electrons. The highest BCUT2D eigenvalue weighted by molar-refractivity contribution is 5.80. The monoisotopic (exact) mass is 602 g/mol. The van der Waals surface area contributed by atoms with Crippen LogP contribution in [0.2, 0.25) is 0 Å². The van der Waals surface area contributed by atoms with Crippen molar-refractivity contribution in [3.8, 4) is 16.9 Å². The molecule has 1 N–H and O–H groups in total. The fourth-order valence-corrected chi connectivity index (χ4v) is 5.43. The zero-order chi connectivity index (χ0) is 30.7. The number of nitrogens with zero attached hydrogens (tertiary/aromatic N) is 5. The largest absolute Gasteiger partial charge is 0.411 e. The number of carbonyl (C=O) groups excluding carboxylic acids is 1. The molecule has 1 amide bonds. The van der Waals surface area contributed by atoms with Crippen molar-refractivity contribution < 1.29 is 31.5 Å². The van der Waals surface area contributed by atoms with Gasteiger partial charge in [-0.05, 0) is 42.3 Å². The fourth-order valence-electron chi connectivity index (χ4n) is 5.43. The number of hydrogen-bond acceptors (Lipinski definition) is 5. The lowest BCUT2D eigenvalue weighted by Crippen LogP contribution is -2.41. The average Bonchev–Trinajstić information content (AvgIpc) is 3.66. The van der Waals surface area contributed by atoms with Crippen LogP contribution in [-0.4, -0.2) is 75.4 Å². The van der Waals surface area contributed by atoms with E-state index in [0.717, 1.165) is 28.9 Å². The maximum absolute atomic E-state index is 14.1. The van der Waals surface area contributed by atoms with E-state index in [9.17, 15) is 26.7 Å². The van der Waals surface area contributed by atoms with E-state index in [1.165, 1.54) is 6.07 Å². The third-order valence-electron chi connectivity index (χ3n) is 7.48. The fraction of sp³-hybridized carbons (Fsp3) is 0.367. The molecule has 1 saturated heterocycles. The number of para-hydroxylation sites is 1. The molecule has 2 aromatic heterocycles. The number of aromatic nitrogens is 4. The van der Waals surface area contributed by atoms with Crippen molar-refractivity contribution in [1.82, 2.24) is 29.8 Å². The van der Waals surface area contributed by atoms with Crippen molar-refractivity contribution in [3.63, 3.8) is 0 Å². The highest BCUT2D eigenvalue weighted by Gasteiger charge is 2.36. The molecule has 1 aliphatic heterocycles. The summed E-state index contributed by atoms with van der Waals surface area (Å²) in [7, 11) is 1.80. The maximum atomic E-state index is 14.1. The maximum Gasteiger partial charge on any atom is 0.411 e. The van der Waals surface area contributed by atoms with Crippen LogP contribution in [0, 0.1) is 18.6 Å². The van der Waals surface area contributed by atoms with E-state index in [2.05, 4.69) is 10.4 Å². The first-order valence-electron chi connectivity index (χ1n) is 13.7. The Morgan fingerprint density at radius 1 is 1.09 bits per heavy atom. The molecule has 8 nitrogen and oxygen atoms in total. The first-order valence-corrected chi connectivity index (χ1v) is 13.7. The molecular formula is C30H31F5N6O2. The van der Waals surface area contributed by atoms with Gasteiger partial charge in [-0.3, -0.25) is 14.4 Å². The van der Waals surface area contributed by atoms with Crippen molar-refractivity contribution in [2.75, 3.05) is 32.8 Å². The van der Waals surface area contributed by atoms with Crippen LogP contribution in [0.1, 0.15) is 22.7 Å².